The number of hydrogen-bond donors (Lipinski definition) is 2. The molecule has 110 valence electrons. The van der Waals surface area contributed by atoms with Crippen molar-refractivity contribution >= 4 is 11.6 Å². The van der Waals surface area contributed by atoms with Crippen molar-refractivity contribution in [1.82, 2.24) is 4.90 Å². The molecule has 1 fully saturated rings. The summed E-state index contributed by atoms with van der Waals surface area (Å²) >= 11 is 0. The van der Waals surface area contributed by atoms with Gasteiger partial charge in [0, 0.05) is 18.3 Å². The van der Waals surface area contributed by atoms with Gasteiger partial charge in [-0.25, -0.2) is 0 Å². The molecule has 2 rings (SSSR count). The third kappa shape index (κ3) is 4.05. The number of carbonyl (C=O) groups excluding carboxylic acids is 1. The van der Waals surface area contributed by atoms with E-state index in [2.05, 4.69) is 22.3 Å². The van der Waals surface area contributed by atoms with Gasteiger partial charge in [-0.15, -0.1) is 0 Å². The molecule has 3 N–H and O–H groups in total. The average Bonchev–Trinajstić information content (AvgIpc) is 2.41. The Morgan fingerprint density at radius 3 is 2.50 bits per heavy atom. The molecular formula is C16H25N3O. The molecule has 0 aliphatic heterocycles. The van der Waals surface area contributed by atoms with E-state index in [9.17, 15) is 4.79 Å². The third-order valence-corrected chi connectivity index (χ3v) is 3.88. The normalized spacial score (nSPS) is 22.8. The van der Waals surface area contributed by atoms with E-state index >= 15 is 0 Å². The Hall–Kier alpha value is -1.39. The average molecular weight is 275 g/mol. The first kappa shape index (κ1) is 15.0. The van der Waals surface area contributed by atoms with Crippen LogP contribution in [0, 0.1) is 5.92 Å². The Labute approximate surface area is 121 Å². The molecule has 4 heteroatoms. The summed E-state index contributed by atoms with van der Waals surface area (Å²) in [6, 6.07) is 8.04. The molecule has 0 spiro atoms. The second kappa shape index (κ2) is 6.86. The summed E-state index contributed by atoms with van der Waals surface area (Å²) in [6.45, 7) is 0.904. The van der Waals surface area contributed by atoms with Gasteiger partial charge < -0.3 is 16.0 Å². The van der Waals surface area contributed by atoms with E-state index in [1.54, 1.807) is 0 Å². The van der Waals surface area contributed by atoms with Gasteiger partial charge in [0.1, 0.15) is 0 Å². The van der Waals surface area contributed by atoms with E-state index in [4.69, 9.17) is 5.73 Å². The van der Waals surface area contributed by atoms with Crippen molar-refractivity contribution in [2.24, 2.45) is 11.7 Å². The van der Waals surface area contributed by atoms with Gasteiger partial charge in [-0.2, -0.15) is 0 Å². The minimum absolute atomic E-state index is 0.0109. The smallest absolute Gasteiger partial charge is 0.229 e. The van der Waals surface area contributed by atoms with E-state index in [0.29, 0.717) is 0 Å². The van der Waals surface area contributed by atoms with Gasteiger partial charge in [0.05, 0.1) is 5.92 Å². The van der Waals surface area contributed by atoms with Crippen molar-refractivity contribution in [2.45, 2.75) is 38.3 Å². The van der Waals surface area contributed by atoms with Gasteiger partial charge in [-0.3, -0.25) is 4.79 Å². The van der Waals surface area contributed by atoms with Crippen LogP contribution in [0.1, 0.15) is 31.2 Å². The van der Waals surface area contributed by atoms with E-state index in [1.165, 1.54) is 5.56 Å². The molecule has 2 atom stereocenters. The molecule has 0 heterocycles. The predicted molar refractivity (Wildman–Crippen MR) is 82.4 cm³/mol. The number of nitrogens with two attached hydrogens (primary N) is 1. The topological polar surface area (TPSA) is 58.4 Å². The van der Waals surface area contributed by atoms with Crippen LogP contribution in [0.3, 0.4) is 0 Å². The van der Waals surface area contributed by atoms with Crippen LogP contribution in [-0.4, -0.2) is 30.9 Å². The molecule has 1 aromatic carbocycles. The highest BCUT2D eigenvalue weighted by Crippen LogP contribution is 2.24. The monoisotopic (exact) mass is 275 g/mol. The molecule has 2 unspecified atom stereocenters. The van der Waals surface area contributed by atoms with Gasteiger partial charge in [0.2, 0.25) is 5.91 Å². The lowest BCUT2D eigenvalue weighted by Crippen LogP contribution is -2.40. The summed E-state index contributed by atoms with van der Waals surface area (Å²) in [5.41, 5.74) is 8.14. The summed E-state index contributed by atoms with van der Waals surface area (Å²) in [4.78, 5) is 14.4. The second-order valence-corrected chi connectivity index (χ2v) is 5.98. The Balaban J connectivity index is 1.93. The predicted octanol–water partition coefficient (Wildman–Crippen LogP) is 2.20. The minimum atomic E-state index is -0.0369. The Bertz CT molecular complexity index is 442. The number of carbonyl (C=O) groups is 1. The fourth-order valence-corrected chi connectivity index (χ4v) is 2.78. The number of anilines is 1. The van der Waals surface area contributed by atoms with Crippen molar-refractivity contribution in [3.8, 4) is 0 Å². The first-order chi connectivity index (χ1) is 9.56. The minimum Gasteiger partial charge on any atom is -0.327 e. The van der Waals surface area contributed by atoms with Crippen LogP contribution in [0.15, 0.2) is 24.3 Å². The van der Waals surface area contributed by atoms with Crippen LogP contribution in [0.5, 0.6) is 0 Å². The number of benzene rings is 1. The highest BCUT2D eigenvalue weighted by Gasteiger charge is 2.28. The quantitative estimate of drug-likeness (QED) is 0.885. The van der Waals surface area contributed by atoms with Gasteiger partial charge in [-0.1, -0.05) is 25.0 Å². The standard InChI is InChI=1S/C16H25N3O/c1-19(2)11-12-7-9-13(10-8-12)18-16(20)14-5-3-4-6-15(14)17/h7-10,14-15H,3-6,11,17H2,1-2H3,(H,18,20). The van der Waals surface area contributed by atoms with E-state index in [-0.39, 0.29) is 17.9 Å². The first-order valence-electron chi connectivity index (χ1n) is 7.36. The molecule has 1 aliphatic carbocycles. The molecule has 1 saturated carbocycles. The van der Waals surface area contributed by atoms with Crippen LogP contribution in [0.4, 0.5) is 5.69 Å². The number of rotatable bonds is 4. The molecule has 4 nitrogen and oxygen atoms in total. The summed E-state index contributed by atoms with van der Waals surface area (Å²) in [6.07, 6.45) is 4.11. The third-order valence-electron chi connectivity index (χ3n) is 3.88. The molecule has 0 radical (unpaired) electrons. The molecule has 1 amide bonds. The maximum atomic E-state index is 12.2. The molecule has 0 bridgehead atoms. The highest BCUT2D eigenvalue weighted by atomic mass is 16.1. The molecule has 0 aromatic heterocycles. The highest BCUT2D eigenvalue weighted by molar-refractivity contribution is 5.93. The fourth-order valence-electron chi connectivity index (χ4n) is 2.78. The van der Waals surface area contributed by atoms with Crippen LogP contribution >= 0.6 is 0 Å². The van der Waals surface area contributed by atoms with Gasteiger partial charge in [0.15, 0.2) is 0 Å². The summed E-state index contributed by atoms with van der Waals surface area (Å²) in [7, 11) is 4.08. The molecule has 20 heavy (non-hydrogen) atoms. The first-order valence-corrected chi connectivity index (χ1v) is 7.36. The lowest BCUT2D eigenvalue weighted by Gasteiger charge is -2.27. The van der Waals surface area contributed by atoms with Crippen molar-refractivity contribution in [1.29, 1.82) is 0 Å². The summed E-state index contributed by atoms with van der Waals surface area (Å²) in [5.74, 6) is 0.0303. The largest absolute Gasteiger partial charge is 0.327 e. The van der Waals surface area contributed by atoms with Crippen molar-refractivity contribution in [2.75, 3.05) is 19.4 Å². The molecule has 0 saturated heterocycles. The van der Waals surface area contributed by atoms with Gasteiger partial charge >= 0.3 is 0 Å². The van der Waals surface area contributed by atoms with Crippen LogP contribution < -0.4 is 11.1 Å². The molecule has 1 aliphatic rings. The second-order valence-electron chi connectivity index (χ2n) is 5.98. The maximum absolute atomic E-state index is 12.2. The fraction of sp³-hybridized carbons (Fsp3) is 0.562. The van der Waals surface area contributed by atoms with E-state index in [0.717, 1.165) is 37.9 Å². The number of nitrogens with zero attached hydrogens (tertiary/aromatic N) is 1. The Morgan fingerprint density at radius 1 is 1.25 bits per heavy atom. The van der Waals surface area contributed by atoms with Crippen LogP contribution in [0.25, 0.3) is 0 Å². The molecular weight excluding hydrogens is 250 g/mol. The zero-order valence-corrected chi connectivity index (χ0v) is 12.4. The van der Waals surface area contributed by atoms with Gasteiger partial charge in [-0.05, 0) is 44.6 Å². The lowest BCUT2D eigenvalue weighted by atomic mass is 9.84. The SMILES string of the molecule is CN(C)Cc1ccc(NC(=O)C2CCCCC2N)cc1. The van der Waals surface area contributed by atoms with Crippen LogP contribution in [0.2, 0.25) is 0 Å². The van der Waals surface area contributed by atoms with E-state index in [1.807, 2.05) is 26.2 Å². The molecule has 1 aromatic rings. The number of hydrogen-bond acceptors (Lipinski definition) is 3. The van der Waals surface area contributed by atoms with Crippen molar-refractivity contribution in [3.63, 3.8) is 0 Å². The summed E-state index contributed by atoms with van der Waals surface area (Å²) < 4.78 is 0. The van der Waals surface area contributed by atoms with Crippen molar-refractivity contribution < 1.29 is 4.79 Å². The number of amides is 1. The zero-order chi connectivity index (χ0) is 14.5. The van der Waals surface area contributed by atoms with E-state index < -0.39 is 0 Å². The van der Waals surface area contributed by atoms with Crippen LogP contribution in [-0.2, 0) is 11.3 Å². The van der Waals surface area contributed by atoms with Gasteiger partial charge in [0.25, 0.3) is 0 Å². The lowest BCUT2D eigenvalue weighted by molar-refractivity contribution is -0.121. The zero-order valence-electron chi connectivity index (χ0n) is 12.4. The maximum Gasteiger partial charge on any atom is 0.229 e. The Kier molecular flexibility index (Phi) is 5.15. The Morgan fingerprint density at radius 2 is 1.90 bits per heavy atom. The van der Waals surface area contributed by atoms with Crippen molar-refractivity contribution in [3.05, 3.63) is 29.8 Å². The summed E-state index contributed by atoms with van der Waals surface area (Å²) in [5, 5.41) is 2.99. The number of nitrogens with one attached hydrogen (secondary N) is 1.